The third kappa shape index (κ3) is 4.14. The molecule has 33 heavy (non-hydrogen) atoms. The standard InChI is InChI=1S/C31H31NO/c1-31(2)26(15-10-16-29(31)24-13-8-5-9-14-24)22-32-21-25(19-23-11-6-4-7-12-23)28-18-17-27(33-3)20-30(28)32/h4-18,20-21,26H,19,22H2,1-3H3. The van der Waals surface area contributed by atoms with Gasteiger partial charge in [0.15, 0.2) is 0 Å². The monoisotopic (exact) mass is 433 g/mol. The van der Waals surface area contributed by atoms with Crippen LogP contribution in [0.3, 0.4) is 0 Å². The third-order valence-electron chi connectivity index (χ3n) is 7.12. The van der Waals surface area contributed by atoms with Gasteiger partial charge in [0.2, 0.25) is 0 Å². The second-order valence-electron chi connectivity index (χ2n) is 9.51. The molecule has 2 nitrogen and oxygen atoms in total. The molecule has 0 fully saturated rings. The summed E-state index contributed by atoms with van der Waals surface area (Å²) in [5.41, 5.74) is 6.65. The number of nitrogens with zero attached hydrogens (tertiary/aromatic N) is 1. The SMILES string of the molecule is COc1ccc2c(Cc3ccccc3)cn(CC3C=CC=C(c4ccccc4)C3(C)C)c2c1. The zero-order valence-electron chi connectivity index (χ0n) is 19.7. The average Bonchev–Trinajstić information content (AvgIpc) is 3.17. The van der Waals surface area contributed by atoms with Gasteiger partial charge in [-0.05, 0) is 46.2 Å². The van der Waals surface area contributed by atoms with E-state index in [0.29, 0.717) is 5.92 Å². The molecule has 0 radical (unpaired) electrons. The molecule has 0 saturated heterocycles. The molecule has 1 unspecified atom stereocenters. The fraction of sp³-hybridized carbons (Fsp3) is 0.226. The second kappa shape index (κ2) is 8.78. The van der Waals surface area contributed by atoms with Crippen LogP contribution < -0.4 is 4.74 Å². The number of fused-ring (bicyclic) bond motifs is 1. The van der Waals surface area contributed by atoms with Crippen molar-refractivity contribution in [2.24, 2.45) is 11.3 Å². The predicted octanol–water partition coefficient (Wildman–Crippen LogP) is 7.54. The van der Waals surface area contributed by atoms with E-state index < -0.39 is 0 Å². The maximum Gasteiger partial charge on any atom is 0.120 e. The highest BCUT2D eigenvalue weighted by Crippen LogP contribution is 2.45. The number of methoxy groups -OCH3 is 1. The van der Waals surface area contributed by atoms with Crippen molar-refractivity contribution in [2.75, 3.05) is 7.11 Å². The lowest BCUT2D eigenvalue weighted by atomic mass is 9.68. The summed E-state index contributed by atoms with van der Waals surface area (Å²) in [5.74, 6) is 1.28. The molecule has 0 bridgehead atoms. The normalized spacial score (nSPS) is 17.2. The molecule has 5 rings (SSSR count). The minimum atomic E-state index is 0.0190. The van der Waals surface area contributed by atoms with Gasteiger partial charge in [-0.15, -0.1) is 0 Å². The molecule has 3 aromatic carbocycles. The quantitative estimate of drug-likeness (QED) is 0.306. The molecule has 0 amide bonds. The fourth-order valence-corrected chi connectivity index (χ4v) is 5.11. The van der Waals surface area contributed by atoms with Crippen LogP contribution >= 0.6 is 0 Å². The highest BCUT2D eigenvalue weighted by molar-refractivity contribution is 5.86. The third-order valence-corrected chi connectivity index (χ3v) is 7.12. The molecular weight excluding hydrogens is 402 g/mol. The maximum absolute atomic E-state index is 5.57. The maximum atomic E-state index is 5.57. The van der Waals surface area contributed by atoms with Crippen molar-refractivity contribution in [3.8, 4) is 5.75 Å². The van der Waals surface area contributed by atoms with Gasteiger partial charge in [-0.3, -0.25) is 0 Å². The first-order valence-electron chi connectivity index (χ1n) is 11.7. The summed E-state index contributed by atoms with van der Waals surface area (Å²) in [6.45, 7) is 5.67. The Hall–Kier alpha value is -3.52. The number of hydrogen-bond donors (Lipinski definition) is 0. The number of hydrogen-bond acceptors (Lipinski definition) is 1. The van der Waals surface area contributed by atoms with Crippen LogP contribution in [0.15, 0.2) is 103 Å². The van der Waals surface area contributed by atoms with Crippen LogP contribution in [0.4, 0.5) is 0 Å². The van der Waals surface area contributed by atoms with Crippen LogP contribution in [0.5, 0.6) is 5.75 Å². The molecule has 166 valence electrons. The summed E-state index contributed by atoms with van der Waals surface area (Å²) in [4.78, 5) is 0. The lowest BCUT2D eigenvalue weighted by Gasteiger charge is -2.38. The van der Waals surface area contributed by atoms with Gasteiger partial charge >= 0.3 is 0 Å². The first-order chi connectivity index (χ1) is 16.1. The van der Waals surface area contributed by atoms with E-state index in [2.05, 4.69) is 122 Å². The molecule has 1 atom stereocenters. The molecular formula is C31H31NO. The molecule has 0 N–H and O–H groups in total. The molecule has 1 heterocycles. The summed E-state index contributed by atoms with van der Waals surface area (Å²) < 4.78 is 8.01. The second-order valence-corrected chi connectivity index (χ2v) is 9.51. The molecule has 2 heteroatoms. The average molecular weight is 434 g/mol. The van der Waals surface area contributed by atoms with Crippen molar-refractivity contribution in [2.45, 2.75) is 26.8 Å². The Bertz CT molecular complexity index is 1310. The van der Waals surface area contributed by atoms with E-state index >= 15 is 0 Å². The van der Waals surface area contributed by atoms with Crippen LogP contribution in [-0.4, -0.2) is 11.7 Å². The van der Waals surface area contributed by atoms with Crippen molar-refractivity contribution >= 4 is 16.5 Å². The zero-order chi connectivity index (χ0) is 22.8. The van der Waals surface area contributed by atoms with Crippen LogP contribution in [0.25, 0.3) is 16.5 Å². The lowest BCUT2D eigenvalue weighted by Crippen LogP contribution is -2.29. The molecule has 0 saturated carbocycles. The van der Waals surface area contributed by atoms with Crippen molar-refractivity contribution in [3.63, 3.8) is 0 Å². The largest absolute Gasteiger partial charge is 0.497 e. The molecule has 1 aliphatic rings. The van der Waals surface area contributed by atoms with E-state index in [4.69, 9.17) is 4.74 Å². The van der Waals surface area contributed by atoms with Crippen molar-refractivity contribution in [1.29, 1.82) is 0 Å². The smallest absolute Gasteiger partial charge is 0.120 e. The zero-order valence-corrected chi connectivity index (χ0v) is 19.7. The summed E-state index contributed by atoms with van der Waals surface area (Å²) in [7, 11) is 1.74. The van der Waals surface area contributed by atoms with Crippen LogP contribution in [0, 0.1) is 11.3 Å². The molecule has 1 aliphatic carbocycles. The summed E-state index contributed by atoms with van der Waals surface area (Å²) in [5, 5.41) is 1.30. The number of aromatic nitrogens is 1. The highest BCUT2D eigenvalue weighted by Gasteiger charge is 2.34. The minimum Gasteiger partial charge on any atom is -0.497 e. The van der Waals surface area contributed by atoms with E-state index in [1.165, 1.54) is 33.2 Å². The Morgan fingerprint density at radius 1 is 0.909 bits per heavy atom. The van der Waals surface area contributed by atoms with Crippen molar-refractivity contribution in [3.05, 3.63) is 120 Å². The van der Waals surface area contributed by atoms with Gasteiger partial charge in [0, 0.05) is 30.1 Å². The molecule has 0 aliphatic heterocycles. The Morgan fingerprint density at radius 3 is 2.36 bits per heavy atom. The Morgan fingerprint density at radius 2 is 1.64 bits per heavy atom. The minimum absolute atomic E-state index is 0.0190. The summed E-state index contributed by atoms with van der Waals surface area (Å²) in [6, 6.07) is 28.0. The van der Waals surface area contributed by atoms with Gasteiger partial charge in [-0.1, -0.05) is 92.7 Å². The van der Waals surface area contributed by atoms with Gasteiger partial charge in [-0.25, -0.2) is 0 Å². The number of allylic oxidation sites excluding steroid dienone is 4. The molecule has 1 aromatic heterocycles. The van der Waals surface area contributed by atoms with Crippen LogP contribution in [0.1, 0.15) is 30.5 Å². The van der Waals surface area contributed by atoms with Crippen molar-refractivity contribution < 1.29 is 4.74 Å². The van der Waals surface area contributed by atoms with E-state index in [1.54, 1.807) is 7.11 Å². The topological polar surface area (TPSA) is 14.2 Å². The van der Waals surface area contributed by atoms with Crippen molar-refractivity contribution in [1.82, 2.24) is 4.57 Å². The summed E-state index contributed by atoms with van der Waals surface area (Å²) >= 11 is 0. The van der Waals surface area contributed by atoms with Gasteiger partial charge in [0.25, 0.3) is 0 Å². The Kier molecular flexibility index (Phi) is 5.68. The van der Waals surface area contributed by atoms with E-state index in [9.17, 15) is 0 Å². The fourth-order valence-electron chi connectivity index (χ4n) is 5.11. The van der Waals surface area contributed by atoms with Gasteiger partial charge in [0.05, 0.1) is 12.6 Å². The lowest BCUT2D eigenvalue weighted by molar-refractivity contribution is 0.319. The number of benzene rings is 3. The van der Waals surface area contributed by atoms with E-state index in [1.807, 2.05) is 0 Å². The van der Waals surface area contributed by atoms with E-state index in [0.717, 1.165) is 18.7 Å². The molecule has 0 spiro atoms. The highest BCUT2D eigenvalue weighted by atomic mass is 16.5. The Labute approximate surface area is 196 Å². The van der Waals surface area contributed by atoms with Gasteiger partial charge in [-0.2, -0.15) is 0 Å². The summed E-state index contributed by atoms with van der Waals surface area (Å²) in [6.07, 6.45) is 10.2. The number of ether oxygens (including phenoxy) is 1. The Balaban J connectivity index is 1.52. The van der Waals surface area contributed by atoms with Gasteiger partial charge < -0.3 is 9.30 Å². The first kappa shape index (κ1) is 21.3. The number of rotatable bonds is 6. The molecule has 4 aromatic rings. The first-order valence-corrected chi connectivity index (χ1v) is 11.7. The van der Waals surface area contributed by atoms with E-state index in [-0.39, 0.29) is 5.41 Å². The van der Waals surface area contributed by atoms with Crippen LogP contribution in [0.2, 0.25) is 0 Å². The van der Waals surface area contributed by atoms with Crippen LogP contribution in [-0.2, 0) is 13.0 Å². The predicted molar refractivity (Wildman–Crippen MR) is 139 cm³/mol. The van der Waals surface area contributed by atoms with Gasteiger partial charge in [0.1, 0.15) is 5.75 Å².